The molecule has 4 rings (SSSR count). The zero-order valence-electron chi connectivity index (χ0n) is 13.7. The third kappa shape index (κ3) is 3.30. The largest absolute Gasteiger partial charge is 0.478 e. The van der Waals surface area contributed by atoms with Crippen LogP contribution in [0.5, 0.6) is 0 Å². The molecule has 0 aliphatic heterocycles. The van der Waals surface area contributed by atoms with Crippen LogP contribution >= 0.6 is 12.4 Å². The van der Waals surface area contributed by atoms with Gasteiger partial charge in [0.2, 0.25) is 0 Å². The summed E-state index contributed by atoms with van der Waals surface area (Å²) in [6.07, 6.45) is 3.52. The second-order valence-corrected chi connectivity index (χ2v) is 5.76. The molecule has 0 aliphatic rings. The van der Waals surface area contributed by atoms with E-state index >= 15 is 0 Å². The Hall–Kier alpha value is -3.18. The molecule has 4 aromatic rings. The molecule has 2 aromatic heterocycles. The lowest BCUT2D eigenvalue weighted by Gasteiger charge is -2.12. The lowest BCUT2D eigenvalue weighted by Crippen LogP contribution is -2.03. The number of hydrogen-bond donors (Lipinski definition) is 2. The molecular formula is C20H16ClN3O2. The predicted molar refractivity (Wildman–Crippen MR) is 105 cm³/mol. The zero-order chi connectivity index (χ0) is 17.2. The predicted octanol–water partition coefficient (Wildman–Crippen LogP) is 4.52. The Kier molecular flexibility index (Phi) is 5.00. The van der Waals surface area contributed by atoms with E-state index in [0.717, 1.165) is 27.5 Å². The number of carboxylic acids is 1. The van der Waals surface area contributed by atoms with Gasteiger partial charge >= 0.3 is 5.97 Å². The Morgan fingerprint density at radius 2 is 1.81 bits per heavy atom. The maximum absolute atomic E-state index is 11.2. The van der Waals surface area contributed by atoms with Gasteiger partial charge in [0.05, 0.1) is 11.1 Å². The van der Waals surface area contributed by atoms with Crippen molar-refractivity contribution in [1.29, 1.82) is 0 Å². The van der Waals surface area contributed by atoms with Crippen LogP contribution in [0.3, 0.4) is 0 Å². The fourth-order valence-corrected chi connectivity index (χ4v) is 2.90. The minimum Gasteiger partial charge on any atom is -0.478 e. The molecule has 2 N–H and O–H groups in total. The molecule has 0 radical (unpaired) electrons. The normalized spacial score (nSPS) is 10.5. The van der Waals surface area contributed by atoms with Gasteiger partial charge in [-0.05, 0) is 23.8 Å². The molecular weight excluding hydrogens is 350 g/mol. The van der Waals surface area contributed by atoms with Crippen molar-refractivity contribution in [2.75, 3.05) is 5.32 Å². The van der Waals surface area contributed by atoms with E-state index in [1.807, 2.05) is 36.4 Å². The van der Waals surface area contributed by atoms with Crippen LogP contribution in [-0.4, -0.2) is 21.0 Å². The highest BCUT2D eigenvalue weighted by Crippen LogP contribution is 2.29. The van der Waals surface area contributed by atoms with Gasteiger partial charge in [0.15, 0.2) is 0 Å². The summed E-state index contributed by atoms with van der Waals surface area (Å²) in [5.74, 6) is -0.245. The molecule has 2 heterocycles. The van der Waals surface area contributed by atoms with Crippen molar-refractivity contribution >= 4 is 45.9 Å². The number of aromatic carboxylic acids is 1. The van der Waals surface area contributed by atoms with E-state index < -0.39 is 5.97 Å². The van der Waals surface area contributed by atoms with Crippen molar-refractivity contribution in [3.8, 4) is 0 Å². The topological polar surface area (TPSA) is 75.1 Å². The Labute approximate surface area is 156 Å². The quantitative estimate of drug-likeness (QED) is 0.520. The Morgan fingerprint density at radius 3 is 2.58 bits per heavy atom. The molecule has 2 aromatic carbocycles. The number of pyridine rings is 2. The fraction of sp³-hybridized carbons (Fsp3) is 0.0500. The smallest absolute Gasteiger partial charge is 0.335 e. The highest BCUT2D eigenvalue weighted by Gasteiger charge is 2.11. The molecule has 26 heavy (non-hydrogen) atoms. The van der Waals surface area contributed by atoms with Gasteiger partial charge in [0.1, 0.15) is 5.82 Å². The average Bonchev–Trinajstić information content (AvgIpc) is 2.66. The van der Waals surface area contributed by atoms with E-state index in [-0.39, 0.29) is 18.0 Å². The summed E-state index contributed by atoms with van der Waals surface area (Å²) in [5, 5.41) is 15.4. The van der Waals surface area contributed by atoms with Crippen LogP contribution in [0.1, 0.15) is 15.9 Å². The van der Waals surface area contributed by atoms with E-state index in [1.54, 1.807) is 30.6 Å². The highest BCUT2D eigenvalue weighted by molar-refractivity contribution is 6.10. The molecule has 0 saturated heterocycles. The summed E-state index contributed by atoms with van der Waals surface area (Å²) < 4.78 is 0. The lowest BCUT2D eigenvalue weighted by molar-refractivity contribution is 0.0697. The summed E-state index contributed by atoms with van der Waals surface area (Å²) in [4.78, 5) is 20.1. The number of nitrogens with zero attached hydrogens (tertiary/aromatic N) is 2. The van der Waals surface area contributed by atoms with Gasteiger partial charge in [-0.3, -0.25) is 4.98 Å². The first-order valence-electron chi connectivity index (χ1n) is 7.91. The second-order valence-electron chi connectivity index (χ2n) is 5.76. The molecule has 130 valence electrons. The molecule has 0 unspecified atom stereocenters. The first-order valence-corrected chi connectivity index (χ1v) is 7.91. The minimum atomic E-state index is -0.964. The summed E-state index contributed by atoms with van der Waals surface area (Å²) in [7, 11) is 0. The van der Waals surface area contributed by atoms with E-state index in [4.69, 9.17) is 0 Å². The highest BCUT2D eigenvalue weighted by atomic mass is 35.5. The summed E-state index contributed by atoms with van der Waals surface area (Å²) in [6, 6.07) is 16.9. The van der Waals surface area contributed by atoms with Gasteiger partial charge in [-0.2, -0.15) is 0 Å². The molecule has 0 fully saturated rings. The maximum Gasteiger partial charge on any atom is 0.335 e. The Balaban J connectivity index is 0.00000196. The summed E-state index contributed by atoms with van der Waals surface area (Å²) >= 11 is 0. The number of fused-ring (bicyclic) bond motifs is 3. The first kappa shape index (κ1) is 17.6. The number of halogens is 1. The zero-order valence-corrected chi connectivity index (χ0v) is 14.5. The number of aromatic nitrogens is 2. The summed E-state index contributed by atoms with van der Waals surface area (Å²) in [6.45, 7) is 0.634. The SMILES string of the molecule is Cl.O=C(O)c1ccc2c(c1)nc(NCc1ccccc1)c1ccncc12. The van der Waals surface area contributed by atoms with Crippen LogP contribution in [0.15, 0.2) is 67.0 Å². The molecule has 6 heteroatoms. The van der Waals surface area contributed by atoms with Crippen molar-refractivity contribution in [3.05, 3.63) is 78.1 Å². The van der Waals surface area contributed by atoms with Gasteiger partial charge in [0.25, 0.3) is 0 Å². The molecule has 0 saturated carbocycles. The molecule has 5 nitrogen and oxygen atoms in total. The van der Waals surface area contributed by atoms with E-state index in [0.29, 0.717) is 12.1 Å². The monoisotopic (exact) mass is 365 g/mol. The van der Waals surface area contributed by atoms with Gasteiger partial charge in [-0.15, -0.1) is 12.4 Å². The van der Waals surface area contributed by atoms with Gasteiger partial charge in [0, 0.05) is 35.1 Å². The van der Waals surface area contributed by atoms with E-state index in [9.17, 15) is 9.90 Å². The third-order valence-electron chi connectivity index (χ3n) is 4.15. The van der Waals surface area contributed by atoms with Gasteiger partial charge < -0.3 is 10.4 Å². The van der Waals surface area contributed by atoms with Crippen molar-refractivity contribution in [1.82, 2.24) is 9.97 Å². The van der Waals surface area contributed by atoms with Crippen molar-refractivity contribution in [3.63, 3.8) is 0 Å². The number of carbonyl (C=O) groups is 1. The minimum absolute atomic E-state index is 0. The Morgan fingerprint density at radius 1 is 1.00 bits per heavy atom. The van der Waals surface area contributed by atoms with E-state index in [2.05, 4.69) is 15.3 Å². The van der Waals surface area contributed by atoms with Gasteiger partial charge in [-0.1, -0.05) is 36.4 Å². The third-order valence-corrected chi connectivity index (χ3v) is 4.15. The molecule has 0 atom stereocenters. The summed E-state index contributed by atoms with van der Waals surface area (Å²) in [5.41, 5.74) is 2.00. The van der Waals surface area contributed by atoms with Crippen LogP contribution < -0.4 is 5.32 Å². The molecule has 0 spiro atoms. The number of carboxylic acid groups (broad SMARTS) is 1. The van der Waals surface area contributed by atoms with Gasteiger partial charge in [-0.25, -0.2) is 9.78 Å². The van der Waals surface area contributed by atoms with Crippen LogP contribution in [0.4, 0.5) is 5.82 Å². The van der Waals surface area contributed by atoms with E-state index in [1.165, 1.54) is 0 Å². The Bertz CT molecular complexity index is 1080. The standard InChI is InChI=1S/C20H15N3O2.ClH/c24-20(25)14-6-7-15-17-12-21-9-8-16(17)19(23-18(15)10-14)22-11-13-4-2-1-3-5-13;/h1-10,12H,11H2,(H,22,23)(H,24,25);1H. The number of rotatable bonds is 4. The molecule has 0 amide bonds. The first-order chi connectivity index (χ1) is 12.2. The number of anilines is 1. The molecule has 0 aliphatic carbocycles. The second kappa shape index (κ2) is 7.37. The van der Waals surface area contributed by atoms with Crippen molar-refractivity contribution in [2.45, 2.75) is 6.54 Å². The molecule has 0 bridgehead atoms. The van der Waals surface area contributed by atoms with Crippen molar-refractivity contribution in [2.24, 2.45) is 0 Å². The van der Waals surface area contributed by atoms with Crippen LogP contribution in [0.2, 0.25) is 0 Å². The van der Waals surface area contributed by atoms with Crippen LogP contribution in [0, 0.1) is 0 Å². The lowest BCUT2D eigenvalue weighted by atomic mass is 10.1. The van der Waals surface area contributed by atoms with Crippen LogP contribution in [0.25, 0.3) is 21.7 Å². The number of hydrogen-bond acceptors (Lipinski definition) is 4. The number of nitrogens with one attached hydrogen (secondary N) is 1. The fourth-order valence-electron chi connectivity index (χ4n) is 2.90. The number of benzene rings is 2. The average molecular weight is 366 g/mol. The van der Waals surface area contributed by atoms with Crippen molar-refractivity contribution < 1.29 is 9.90 Å². The van der Waals surface area contributed by atoms with Crippen LogP contribution in [-0.2, 0) is 6.54 Å². The maximum atomic E-state index is 11.2.